The van der Waals surface area contributed by atoms with E-state index < -0.39 is 17.7 Å². The summed E-state index contributed by atoms with van der Waals surface area (Å²) >= 11 is 0. The largest absolute Gasteiger partial charge is 0.508 e. The Bertz CT molecular complexity index is 1200. The van der Waals surface area contributed by atoms with Gasteiger partial charge < -0.3 is 14.9 Å². The molecule has 1 N–H and O–H groups in total. The molecule has 3 heterocycles. The van der Waals surface area contributed by atoms with Crippen molar-refractivity contribution < 1.29 is 27.9 Å². The minimum atomic E-state index is -4.66. The van der Waals surface area contributed by atoms with Crippen LogP contribution in [0.15, 0.2) is 36.5 Å². The number of rotatable bonds is 5. The molecule has 0 atom stereocenters. The lowest BCUT2D eigenvalue weighted by molar-refractivity contribution is -0.141. The third-order valence-electron chi connectivity index (χ3n) is 5.58. The highest BCUT2D eigenvalue weighted by atomic mass is 19.4. The van der Waals surface area contributed by atoms with Crippen LogP contribution in [0.4, 0.5) is 13.2 Å². The van der Waals surface area contributed by atoms with E-state index in [0.29, 0.717) is 24.0 Å². The molecule has 1 aliphatic heterocycles. The first-order chi connectivity index (χ1) is 15.6. The van der Waals surface area contributed by atoms with Crippen LogP contribution in [0.1, 0.15) is 21.7 Å². The summed E-state index contributed by atoms with van der Waals surface area (Å²) in [6.45, 7) is 2.94. The van der Waals surface area contributed by atoms with Crippen molar-refractivity contribution in [2.75, 3.05) is 33.2 Å². The summed E-state index contributed by atoms with van der Waals surface area (Å²) in [5.41, 5.74) is -0.819. The molecular formula is C22H22F3N5O3. The molecule has 1 saturated heterocycles. The van der Waals surface area contributed by atoms with E-state index in [-0.39, 0.29) is 35.9 Å². The maximum atomic E-state index is 12.9. The van der Waals surface area contributed by atoms with E-state index in [9.17, 15) is 27.9 Å². The zero-order valence-corrected chi connectivity index (χ0v) is 17.8. The number of fused-ring (bicyclic) bond motifs is 1. The SMILES string of the molecule is CN1CCN(C(=O)Cn2cc3cc(CC(=O)c4cccc(C(F)(F)F)n4)c(O)cc3n2)CC1. The Morgan fingerprint density at radius 1 is 1.12 bits per heavy atom. The summed E-state index contributed by atoms with van der Waals surface area (Å²) in [5, 5.41) is 15.2. The number of halogens is 3. The van der Waals surface area contributed by atoms with Crippen LogP contribution in [0.25, 0.3) is 10.9 Å². The number of benzene rings is 1. The third kappa shape index (κ3) is 5.14. The van der Waals surface area contributed by atoms with Gasteiger partial charge in [0.2, 0.25) is 5.91 Å². The number of carbonyl (C=O) groups excluding carboxylic acids is 2. The number of aromatic nitrogens is 3. The van der Waals surface area contributed by atoms with Crippen LogP contribution in [0.2, 0.25) is 0 Å². The summed E-state index contributed by atoms with van der Waals surface area (Å²) in [5.74, 6) is -0.932. The molecular weight excluding hydrogens is 439 g/mol. The minimum Gasteiger partial charge on any atom is -0.508 e. The Labute approximate surface area is 187 Å². The van der Waals surface area contributed by atoms with Crippen molar-refractivity contribution >= 4 is 22.6 Å². The van der Waals surface area contributed by atoms with Crippen LogP contribution in [0.5, 0.6) is 5.75 Å². The fourth-order valence-corrected chi connectivity index (χ4v) is 3.69. The van der Waals surface area contributed by atoms with Crippen LogP contribution in [-0.2, 0) is 23.9 Å². The molecule has 0 bridgehead atoms. The number of hydrogen-bond donors (Lipinski definition) is 1. The molecule has 4 rings (SSSR count). The quantitative estimate of drug-likeness (QED) is 0.587. The van der Waals surface area contributed by atoms with Gasteiger partial charge in [-0.3, -0.25) is 14.3 Å². The van der Waals surface area contributed by atoms with Gasteiger partial charge in [-0.1, -0.05) is 6.07 Å². The molecule has 0 radical (unpaired) electrons. The first kappa shape index (κ1) is 22.7. The summed E-state index contributed by atoms with van der Waals surface area (Å²) in [4.78, 5) is 32.4. The molecule has 2 aromatic heterocycles. The second kappa shape index (κ2) is 8.81. The molecule has 0 unspecified atom stereocenters. The fourth-order valence-electron chi connectivity index (χ4n) is 3.69. The molecule has 1 aliphatic rings. The average molecular weight is 461 g/mol. The van der Waals surface area contributed by atoms with Gasteiger partial charge in [0.15, 0.2) is 5.78 Å². The van der Waals surface area contributed by atoms with Gasteiger partial charge in [0.1, 0.15) is 23.7 Å². The van der Waals surface area contributed by atoms with Crippen molar-refractivity contribution in [3.05, 3.63) is 53.5 Å². The van der Waals surface area contributed by atoms with Gasteiger partial charge >= 0.3 is 6.18 Å². The zero-order chi connectivity index (χ0) is 23.8. The second-order valence-electron chi connectivity index (χ2n) is 8.06. The Balaban J connectivity index is 1.50. The van der Waals surface area contributed by atoms with Gasteiger partial charge in [0.05, 0.1) is 5.52 Å². The highest BCUT2D eigenvalue weighted by Crippen LogP contribution is 2.28. The van der Waals surface area contributed by atoms with Crippen LogP contribution in [-0.4, -0.2) is 74.6 Å². The Kier molecular flexibility index (Phi) is 6.07. The monoisotopic (exact) mass is 461 g/mol. The number of ketones is 1. The van der Waals surface area contributed by atoms with Crippen LogP contribution >= 0.6 is 0 Å². The van der Waals surface area contributed by atoms with Gasteiger partial charge in [0.25, 0.3) is 0 Å². The van der Waals surface area contributed by atoms with Gasteiger partial charge in [-0.25, -0.2) is 4.98 Å². The highest BCUT2D eigenvalue weighted by molar-refractivity contribution is 5.97. The predicted molar refractivity (Wildman–Crippen MR) is 113 cm³/mol. The van der Waals surface area contributed by atoms with Crippen LogP contribution < -0.4 is 0 Å². The lowest BCUT2D eigenvalue weighted by Gasteiger charge is -2.32. The van der Waals surface area contributed by atoms with E-state index in [1.165, 1.54) is 16.8 Å². The fraction of sp³-hybridized carbons (Fsp3) is 0.364. The van der Waals surface area contributed by atoms with Crippen molar-refractivity contribution in [2.24, 2.45) is 0 Å². The zero-order valence-electron chi connectivity index (χ0n) is 17.8. The molecule has 174 valence electrons. The smallest absolute Gasteiger partial charge is 0.433 e. The molecule has 1 fully saturated rings. The number of nitrogens with zero attached hydrogens (tertiary/aromatic N) is 5. The summed E-state index contributed by atoms with van der Waals surface area (Å²) in [6.07, 6.45) is -3.35. The molecule has 1 amide bonds. The number of Topliss-reactive ketones (excluding diaryl/α,β-unsaturated/α-hetero) is 1. The number of hydrogen-bond acceptors (Lipinski definition) is 6. The molecule has 11 heteroatoms. The summed E-state index contributed by atoms with van der Waals surface area (Å²) in [6, 6.07) is 6.02. The molecule has 0 aliphatic carbocycles. The molecule has 3 aromatic rings. The highest BCUT2D eigenvalue weighted by Gasteiger charge is 2.33. The van der Waals surface area contributed by atoms with E-state index in [0.717, 1.165) is 25.2 Å². The van der Waals surface area contributed by atoms with Crippen molar-refractivity contribution in [3.63, 3.8) is 0 Å². The Morgan fingerprint density at radius 3 is 2.55 bits per heavy atom. The first-order valence-electron chi connectivity index (χ1n) is 10.3. The molecule has 33 heavy (non-hydrogen) atoms. The van der Waals surface area contributed by atoms with Crippen molar-refractivity contribution in [2.45, 2.75) is 19.1 Å². The normalized spacial score (nSPS) is 15.2. The van der Waals surface area contributed by atoms with Gasteiger partial charge in [-0.2, -0.15) is 18.3 Å². The number of aromatic hydroxyl groups is 1. The number of phenolic OH excluding ortho intramolecular Hbond substituents is 1. The molecule has 0 spiro atoms. The van der Waals surface area contributed by atoms with Gasteiger partial charge in [0, 0.05) is 55.8 Å². The lowest BCUT2D eigenvalue weighted by Crippen LogP contribution is -2.48. The van der Waals surface area contributed by atoms with E-state index in [4.69, 9.17) is 0 Å². The number of likely N-dealkylation sites (N-methyl/N-ethyl adjacent to an activating group) is 1. The average Bonchev–Trinajstić information content (AvgIpc) is 3.14. The molecule has 8 nitrogen and oxygen atoms in total. The maximum absolute atomic E-state index is 12.9. The first-order valence-corrected chi connectivity index (χ1v) is 10.3. The van der Waals surface area contributed by atoms with Gasteiger partial charge in [-0.05, 0) is 25.2 Å². The number of alkyl halides is 3. The van der Waals surface area contributed by atoms with E-state index in [1.807, 2.05) is 7.05 Å². The lowest BCUT2D eigenvalue weighted by atomic mass is 10.0. The van der Waals surface area contributed by atoms with E-state index in [2.05, 4.69) is 15.0 Å². The minimum absolute atomic E-state index is 0.0432. The van der Waals surface area contributed by atoms with Crippen molar-refractivity contribution in [1.82, 2.24) is 24.6 Å². The van der Waals surface area contributed by atoms with Crippen LogP contribution in [0.3, 0.4) is 0 Å². The second-order valence-corrected chi connectivity index (χ2v) is 8.06. The Morgan fingerprint density at radius 2 is 1.85 bits per heavy atom. The van der Waals surface area contributed by atoms with E-state index >= 15 is 0 Å². The van der Waals surface area contributed by atoms with Gasteiger partial charge in [-0.15, -0.1) is 0 Å². The maximum Gasteiger partial charge on any atom is 0.433 e. The Hall–Kier alpha value is -3.47. The standard InChI is InChI=1S/C22H22F3N5O3/c1-28-5-7-29(8-6-28)21(33)13-30-12-15-9-14(18(31)11-17(15)27-30)10-19(32)16-3-2-4-20(26-16)22(23,24)25/h2-4,9,11-12,31H,5-8,10,13H2,1H3. The number of amides is 1. The van der Waals surface area contributed by atoms with Crippen molar-refractivity contribution in [3.8, 4) is 5.75 Å². The van der Waals surface area contributed by atoms with Crippen molar-refractivity contribution in [1.29, 1.82) is 0 Å². The van der Waals surface area contributed by atoms with E-state index in [1.54, 1.807) is 17.2 Å². The molecule has 1 aromatic carbocycles. The summed E-state index contributed by atoms with van der Waals surface area (Å²) < 4.78 is 40.1. The number of piperazine rings is 1. The number of phenols is 1. The summed E-state index contributed by atoms with van der Waals surface area (Å²) in [7, 11) is 2.00. The number of pyridine rings is 1. The molecule has 0 saturated carbocycles. The predicted octanol–water partition coefficient (Wildman–Crippen LogP) is 2.36. The number of carbonyl (C=O) groups is 2. The van der Waals surface area contributed by atoms with Crippen LogP contribution in [0, 0.1) is 0 Å². The topological polar surface area (TPSA) is 91.6 Å². The third-order valence-corrected chi connectivity index (χ3v) is 5.58.